The van der Waals surface area contributed by atoms with E-state index in [9.17, 15) is 8.42 Å². The van der Waals surface area contributed by atoms with Crippen LogP contribution in [0.25, 0.3) is 11.2 Å². The van der Waals surface area contributed by atoms with Crippen LogP contribution in [-0.4, -0.2) is 29.6 Å². The summed E-state index contributed by atoms with van der Waals surface area (Å²) in [4.78, 5) is 10.6. The van der Waals surface area contributed by atoms with Crippen LogP contribution >= 0.6 is 11.6 Å². The summed E-state index contributed by atoms with van der Waals surface area (Å²) < 4.78 is 22.4. The summed E-state index contributed by atoms with van der Waals surface area (Å²) in [5.41, 5.74) is 1.50. The number of aromatic nitrogens is 3. The Morgan fingerprint density at radius 3 is 2.41 bits per heavy atom. The molecular formula is C10H14ClN3O2S. The molecule has 0 fully saturated rings. The Labute approximate surface area is 105 Å². The van der Waals surface area contributed by atoms with Crippen molar-refractivity contribution in [2.75, 3.05) is 6.26 Å². The molecule has 0 unspecified atom stereocenters. The first-order chi connectivity index (χ1) is 7.88. The van der Waals surface area contributed by atoms with E-state index >= 15 is 0 Å². The van der Waals surface area contributed by atoms with Crippen molar-refractivity contribution in [1.29, 1.82) is 0 Å². The predicted octanol–water partition coefficient (Wildman–Crippen LogP) is 2.35. The van der Waals surface area contributed by atoms with E-state index < -0.39 is 9.84 Å². The number of imidazole rings is 1. The van der Waals surface area contributed by atoms with E-state index in [0.29, 0.717) is 21.9 Å². The Morgan fingerprint density at radius 1 is 1.29 bits per heavy atom. The molecule has 2 rings (SSSR count). The fraction of sp³-hybridized carbons (Fsp3) is 0.400. The number of hydrogen-bond donors (Lipinski definition) is 1. The van der Waals surface area contributed by atoms with Crippen LogP contribution in [0.4, 0.5) is 0 Å². The average molecular weight is 276 g/mol. The van der Waals surface area contributed by atoms with Gasteiger partial charge in [-0.1, -0.05) is 25.4 Å². The van der Waals surface area contributed by atoms with Crippen LogP contribution in [-0.2, 0) is 9.84 Å². The molecule has 2 heterocycles. The van der Waals surface area contributed by atoms with Crippen LogP contribution in [0, 0.1) is 6.92 Å². The molecule has 2 aromatic rings. The SMILES string of the molecule is CC.Cc1nc2nc(S(C)(=O)=O)[nH]c2cc1Cl. The summed E-state index contributed by atoms with van der Waals surface area (Å²) in [6, 6.07) is 1.61. The lowest BCUT2D eigenvalue weighted by Gasteiger charge is -1.94. The molecule has 0 aromatic carbocycles. The van der Waals surface area contributed by atoms with E-state index in [1.54, 1.807) is 13.0 Å². The molecule has 94 valence electrons. The minimum absolute atomic E-state index is 0.0910. The molecule has 17 heavy (non-hydrogen) atoms. The number of hydrogen-bond acceptors (Lipinski definition) is 4. The largest absolute Gasteiger partial charge is 0.327 e. The molecule has 0 aliphatic rings. The fourth-order valence-electron chi connectivity index (χ4n) is 1.16. The first-order valence-corrected chi connectivity index (χ1v) is 7.38. The maximum absolute atomic E-state index is 11.2. The number of aromatic amines is 1. The van der Waals surface area contributed by atoms with Crippen molar-refractivity contribution in [3.8, 4) is 0 Å². The van der Waals surface area contributed by atoms with Gasteiger partial charge in [0.15, 0.2) is 5.65 Å². The Balaban J connectivity index is 0.000000686. The molecule has 7 heteroatoms. The summed E-state index contributed by atoms with van der Waals surface area (Å²) in [5.74, 6) is 0. The Bertz CT molecular complexity index is 595. The highest BCUT2D eigenvalue weighted by Crippen LogP contribution is 2.19. The van der Waals surface area contributed by atoms with Gasteiger partial charge in [0, 0.05) is 6.26 Å². The Morgan fingerprint density at radius 2 is 1.88 bits per heavy atom. The molecule has 5 nitrogen and oxygen atoms in total. The van der Waals surface area contributed by atoms with Gasteiger partial charge < -0.3 is 4.98 Å². The lowest BCUT2D eigenvalue weighted by molar-refractivity contribution is 0.595. The van der Waals surface area contributed by atoms with E-state index in [1.807, 2.05) is 13.8 Å². The summed E-state index contributed by atoms with van der Waals surface area (Å²) in [7, 11) is -3.34. The monoisotopic (exact) mass is 275 g/mol. The maximum Gasteiger partial charge on any atom is 0.227 e. The fourth-order valence-corrected chi connectivity index (χ4v) is 1.86. The molecule has 1 N–H and O–H groups in total. The van der Waals surface area contributed by atoms with Crippen LogP contribution < -0.4 is 0 Å². The van der Waals surface area contributed by atoms with Crippen molar-refractivity contribution in [3.05, 3.63) is 16.8 Å². The van der Waals surface area contributed by atoms with Gasteiger partial charge in [-0.2, -0.15) is 4.98 Å². The molecule has 0 saturated carbocycles. The number of fused-ring (bicyclic) bond motifs is 1. The van der Waals surface area contributed by atoms with E-state index in [2.05, 4.69) is 15.0 Å². The van der Waals surface area contributed by atoms with Gasteiger partial charge >= 0.3 is 0 Å². The highest BCUT2D eigenvalue weighted by atomic mass is 35.5. The number of sulfone groups is 1. The van der Waals surface area contributed by atoms with Gasteiger partial charge in [-0.05, 0) is 13.0 Å². The minimum Gasteiger partial charge on any atom is -0.327 e. The third-order valence-electron chi connectivity index (χ3n) is 1.93. The third-order valence-corrected chi connectivity index (χ3v) is 3.21. The van der Waals surface area contributed by atoms with Crippen LogP contribution in [0.5, 0.6) is 0 Å². The summed E-state index contributed by atoms with van der Waals surface area (Å²) in [6.07, 6.45) is 1.08. The lowest BCUT2D eigenvalue weighted by atomic mass is 10.3. The van der Waals surface area contributed by atoms with Gasteiger partial charge in [0.1, 0.15) is 0 Å². The molecule has 0 aliphatic carbocycles. The van der Waals surface area contributed by atoms with Crippen molar-refractivity contribution < 1.29 is 8.42 Å². The van der Waals surface area contributed by atoms with Gasteiger partial charge in [-0.15, -0.1) is 0 Å². The van der Waals surface area contributed by atoms with Crippen molar-refractivity contribution >= 4 is 32.6 Å². The molecule has 0 saturated heterocycles. The lowest BCUT2D eigenvalue weighted by Crippen LogP contribution is -1.98. The van der Waals surface area contributed by atoms with Crippen LogP contribution in [0.2, 0.25) is 5.02 Å². The first-order valence-electron chi connectivity index (χ1n) is 5.11. The number of halogens is 1. The molecule has 0 aliphatic heterocycles. The maximum atomic E-state index is 11.2. The van der Waals surface area contributed by atoms with E-state index in [4.69, 9.17) is 11.6 Å². The highest BCUT2D eigenvalue weighted by molar-refractivity contribution is 7.90. The normalized spacial score (nSPS) is 11.1. The quantitative estimate of drug-likeness (QED) is 0.867. The smallest absolute Gasteiger partial charge is 0.227 e. The van der Waals surface area contributed by atoms with E-state index in [0.717, 1.165) is 6.26 Å². The first kappa shape index (κ1) is 13.9. The minimum atomic E-state index is -3.34. The molecule has 0 radical (unpaired) electrons. The Hall–Kier alpha value is -1.14. The Kier molecular flexibility index (Phi) is 4.11. The summed E-state index contributed by atoms with van der Waals surface area (Å²) in [5, 5.41) is 0.387. The predicted molar refractivity (Wildman–Crippen MR) is 68.1 cm³/mol. The van der Waals surface area contributed by atoms with Gasteiger partial charge in [0.2, 0.25) is 15.0 Å². The van der Waals surface area contributed by atoms with Crippen LogP contribution in [0.3, 0.4) is 0 Å². The second-order valence-corrected chi connectivity index (χ2v) is 5.58. The zero-order valence-corrected chi connectivity index (χ0v) is 11.6. The number of nitrogens with one attached hydrogen (secondary N) is 1. The molecule has 2 aromatic heterocycles. The number of H-pyrrole nitrogens is 1. The zero-order chi connectivity index (χ0) is 13.2. The van der Waals surface area contributed by atoms with E-state index in [1.165, 1.54) is 0 Å². The third kappa shape index (κ3) is 2.95. The number of aryl methyl sites for hydroxylation is 1. The summed E-state index contributed by atoms with van der Waals surface area (Å²) in [6.45, 7) is 5.73. The number of nitrogens with zero attached hydrogens (tertiary/aromatic N) is 2. The van der Waals surface area contributed by atoms with Gasteiger partial charge in [0.05, 0.1) is 16.2 Å². The number of pyridine rings is 1. The van der Waals surface area contributed by atoms with Crippen LogP contribution in [0.15, 0.2) is 11.2 Å². The molecule has 0 spiro atoms. The standard InChI is InChI=1S/C8H8ClN3O2S.C2H6/c1-4-5(9)3-6-7(10-4)12-8(11-6)15(2,13)14;1-2/h3H,1-2H3,(H,10,11,12);1-2H3. The zero-order valence-electron chi connectivity index (χ0n) is 10.1. The van der Waals surface area contributed by atoms with Gasteiger partial charge in [-0.3, -0.25) is 0 Å². The van der Waals surface area contributed by atoms with Gasteiger partial charge in [-0.25, -0.2) is 13.4 Å². The molecule has 0 amide bonds. The van der Waals surface area contributed by atoms with E-state index in [-0.39, 0.29) is 5.16 Å². The molecule has 0 bridgehead atoms. The highest BCUT2D eigenvalue weighted by Gasteiger charge is 2.14. The summed E-state index contributed by atoms with van der Waals surface area (Å²) >= 11 is 5.85. The average Bonchev–Trinajstić information content (AvgIpc) is 2.64. The van der Waals surface area contributed by atoms with Crippen molar-refractivity contribution in [2.45, 2.75) is 25.9 Å². The molecule has 0 atom stereocenters. The molecular weight excluding hydrogens is 262 g/mol. The van der Waals surface area contributed by atoms with Crippen molar-refractivity contribution in [3.63, 3.8) is 0 Å². The van der Waals surface area contributed by atoms with Crippen LogP contribution in [0.1, 0.15) is 19.5 Å². The van der Waals surface area contributed by atoms with Crippen molar-refractivity contribution in [1.82, 2.24) is 15.0 Å². The second-order valence-electron chi connectivity index (χ2n) is 3.24. The number of rotatable bonds is 1. The second kappa shape index (κ2) is 5.01. The van der Waals surface area contributed by atoms with Gasteiger partial charge in [0.25, 0.3) is 0 Å². The van der Waals surface area contributed by atoms with Crippen molar-refractivity contribution in [2.24, 2.45) is 0 Å². The topological polar surface area (TPSA) is 75.7 Å².